The summed E-state index contributed by atoms with van der Waals surface area (Å²) in [7, 11) is 0. The average molecular weight is 409 g/mol. The number of esters is 1. The standard InChI is InChI=1S/C22H36N2O5/c1-6-14-10-11-15-17(16(14)21(28)29-7-2)20(27)24(12-8-9-13-25)18(15)19(26)23-22(3,4)5/h10-11,14-18,25H,6-9,12-13H2,1-5H3,(H,23,26)/t14-,15+,16-,17-,18+/m1/s1. The van der Waals surface area contributed by atoms with Crippen molar-refractivity contribution in [2.75, 3.05) is 19.8 Å². The van der Waals surface area contributed by atoms with E-state index in [1.807, 2.05) is 39.8 Å². The summed E-state index contributed by atoms with van der Waals surface area (Å²) in [6.07, 6.45) is 5.81. The lowest BCUT2D eigenvalue weighted by molar-refractivity contribution is -0.155. The number of ether oxygens (including phenoxy) is 1. The van der Waals surface area contributed by atoms with E-state index in [-0.39, 0.29) is 42.8 Å². The Morgan fingerprint density at radius 3 is 2.45 bits per heavy atom. The van der Waals surface area contributed by atoms with Gasteiger partial charge in [-0.25, -0.2) is 0 Å². The van der Waals surface area contributed by atoms with E-state index in [0.717, 1.165) is 6.42 Å². The first-order valence-electron chi connectivity index (χ1n) is 10.7. The van der Waals surface area contributed by atoms with Gasteiger partial charge in [-0.2, -0.15) is 0 Å². The molecule has 1 fully saturated rings. The molecule has 1 saturated heterocycles. The molecule has 1 aliphatic carbocycles. The number of hydrogen-bond donors (Lipinski definition) is 2. The van der Waals surface area contributed by atoms with Crippen LogP contribution in [0.2, 0.25) is 0 Å². The molecule has 164 valence electrons. The highest BCUT2D eigenvalue weighted by atomic mass is 16.5. The Bertz CT molecular complexity index is 640. The lowest BCUT2D eigenvalue weighted by atomic mass is 9.69. The molecule has 1 aliphatic heterocycles. The number of likely N-dealkylation sites (tertiary alicyclic amines) is 1. The lowest BCUT2D eigenvalue weighted by Gasteiger charge is -2.34. The Kier molecular flexibility index (Phi) is 7.86. The highest BCUT2D eigenvalue weighted by molar-refractivity contribution is 5.96. The second-order valence-corrected chi connectivity index (χ2v) is 8.98. The van der Waals surface area contributed by atoms with Gasteiger partial charge in [-0.1, -0.05) is 19.1 Å². The fourth-order valence-electron chi connectivity index (χ4n) is 4.53. The van der Waals surface area contributed by atoms with Crippen LogP contribution in [0.25, 0.3) is 0 Å². The predicted molar refractivity (Wildman–Crippen MR) is 110 cm³/mol. The normalized spacial score (nSPS) is 29.0. The van der Waals surface area contributed by atoms with Gasteiger partial charge in [0.25, 0.3) is 0 Å². The van der Waals surface area contributed by atoms with Crippen molar-refractivity contribution in [2.45, 2.75) is 65.5 Å². The van der Waals surface area contributed by atoms with Crippen molar-refractivity contribution in [3.8, 4) is 0 Å². The number of aliphatic hydroxyl groups excluding tert-OH is 1. The van der Waals surface area contributed by atoms with Crippen molar-refractivity contribution in [3.05, 3.63) is 12.2 Å². The minimum absolute atomic E-state index is 0.0387. The predicted octanol–water partition coefficient (Wildman–Crippen LogP) is 1.89. The van der Waals surface area contributed by atoms with Crippen LogP contribution in [-0.4, -0.2) is 59.1 Å². The summed E-state index contributed by atoms with van der Waals surface area (Å²) in [5, 5.41) is 12.1. The van der Waals surface area contributed by atoms with Crippen molar-refractivity contribution in [1.82, 2.24) is 10.2 Å². The smallest absolute Gasteiger partial charge is 0.310 e. The molecule has 2 aliphatic rings. The molecule has 0 aromatic rings. The third kappa shape index (κ3) is 5.18. The molecule has 0 aromatic carbocycles. The zero-order chi connectivity index (χ0) is 21.8. The summed E-state index contributed by atoms with van der Waals surface area (Å²) in [5.74, 6) is -2.34. The third-order valence-corrected chi connectivity index (χ3v) is 5.72. The van der Waals surface area contributed by atoms with Crippen molar-refractivity contribution in [2.24, 2.45) is 23.7 Å². The van der Waals surface area contributed by atoms with Gasteiger partial charge in [0.1, 0.15) is 6.04 Å². The van der Waals surface area contributed by atoms with Crippen LogP contribution in [0.1, 0.15) is 53.9 Å². The molecule has 7 nitrogen and oxygen atoms in total. The highest BCUT2D eigenvalue weighted by Gasteiger charge is 2.57. The topological polar surface area (TPSA) is 95.9 Å². The van der Waals surface area contributed by atoms with Crippen LogP contribution in [-0.2, 0) is 19.1 Å². The minimum atomic E-state index is -0.656. The van der Waals surface area contributed by atoms with E-state index in [4.69, 9.17) is 9.84 Å². The SMILES string of the molecule is CCOC(=O)[C@H]1[C@@H]2C(=O)N(CCCCO)[C@H](C(=O)NC(C)(C)C)[C@H]2C=C[C@H]1CC. The van der Waals surface area contributed by atoms with Crippen LogP contribution in [0.4, 0.5) is 0 Å². The van der Waals surface area contributed by atoms with E-state index < -0.39 is 23.4 Å². The molecule has 2 N–H and O–H groups in total. The Morgan fingerprint density at radius 2 is 1.90 bits per heavy atom. The van der Waals surface area contributed by atoms with Gasteiger partial charge in [0, 0.05) is 24.6 Å². The zero-order valence-electron chi connectivity index (χ0n) is 18.3. The third-order valence-electron chi connectivity index (χ3n) is 5.72. The number of rotatable bonds is 8. The number of hydrogen-bond acceptors (Lipinski definition) is 5. The second kappa shape index (κ2) is 9.74. The number of allylic oxidation sites excluding steroid dienone is 1. The van der Waals surface area contributed by atoms with E-state index >= 15 is 0 Å². The molecule has 7 heteroatoms. The number of aliphatic hydroxyl groups is 1. The van der Waals surface area contributed by atoms with Gasteiger partial charge in [0.15, 0.2) is 0 Å². The van der Waals surface area contributed by atoms with Crippen LogP contribution in [0.15, 0.2) is 12.2 Å². The largest absolute Gasteiger partial charge is 0.466 e. The molecule has 0 spiro atoms. The maximum Gasteiger partial charge on any atom is 0.310 e. The van der Waals surface area contributed by atoms with Gasteiger partial charge in [-0.05, 0) is 52.9 Å². The van der Waals surface area contributed by atoms with E-state index in [9.17, 15) is 14.4 Å². The summed E-state index contributed by atoms with van der Waals surface area (Å²) in [5.41, 5.74) is -0.431. The molecule has 0 bridgehead atoms. The zero-order valence-corrected chi connectivity index (χ0v) is 18.3. The quantitative estimate of drug-likeness (QED) is 0.363. The molecule has 1 heterocycles. The van der Waals surface area contributed by atoms with Crippen LogP contribution in [0.3, 0.4) is 0 Å². The summed E-state index contributed by atoms with van der Waals surface area (Å²) >= 11 is 0. The molecular weight excluding hydrogens is 372 g/mol. The molecular formula is C22H36N2O5. The summed E-state index contributed by atoms with van der Waals surface area (Å²) in [4.78, 5) is 41.0. The molecule has 0 saturated carbocycles. The highest BCUT2D eigenvalue weighted by Crippen LogP contribution is 2.45. The first kappa shape index (κ1) is 23.4. The second-order valence-electron chi connectivity index (χ2n) is 8.98. The first-order valence-corrected chi connectivity index (χ1v) is 10.7. The average Bonchev–Trinajstić information content (AvgIpc) is 2.92. The van der Waals surface area contributed by atoms with Crippen LogP contribution >= 0.6 is 0 Å². The summed E-state index contributed by atoms with van der Waals surface area (Å²) in [6.45, 7) is 10.1. The minimum Gasteiger partial charge on any atom is -0.466 e. The molecule has 2 rings (SSSR count). The van der Waals surface area contributed by atoms with E-state index in [1.165, 1.54) is 0 Å². The number of nitrogens with zero attached hydrogens (tertiary/aromatic N) is 1. The molecule has 0 aromatic heterocycles. The maximum absolute atomic E-state index is 13.4. The Morgan fingerprint density at radius 1 is 1.21 bits per heavy atom. The van der Waals surface area contributed by atoms with Gasteiger partial charge in [0.2, 0.25) is 11.8 Å². The van der Waals surface area contributed by atoms with E-state index in [2.05, 4.69) is 5.32 Å². The summed E-state index contributed by atoms with van der Waals surface area (Å²) in [6, 6.07) is -0.656. The van der Waals surface area contributed by atoms with E-state index in [1.54, 1.807) is 11.8 Å². The fraction of sp³-hybridized carbons (Fsp3) is 0.773. The van der Waals surface area contributed by atoms with Crippen molar-refractivity contribution >= 4 is 17.8 Å². The maximum atomic E-state index is 13.4. The number of carbonyl (C=O) groups is 3. The van der Waals surface area contributed by atoms with Gasteiger partial charge in [-0.15, -0.1) is 0 Å². The van der Waals surface area contributed by atoms with Crippen molar-refractivity contribution in [1.29, 1.82) is 0 Å². The van der Waals surface area contributed by atoms with Crippen LogP contribution in [0.5, 0.6) is 0 Å². The fourth-order valence-corrected chi connectivity index (χ4v) is 4.53. The Balaban J connectivity index is 2.41. The van der Waals surface area contributed by atoms with Crippen LogP contribution < -0.4 is 5.32 Å². The number of amides is 2. The molecule has 5 atom stereocenters. The van der Waals surface area contributed by atoms with Gasteiger partial charge in [-0.3, -0.25) is 14.4 Å². The Hall–Kier alpha value is -1.89. The number of fused-ring (bicyclic) bond motifs is 1. The number of carbonyl (C=O) groups excluding carboxylic acids is 3. The van der Waals surface area contributed by atoms with E-state index in [0.29, 0.717) is 19.4 Å². The molecule has 2 amide bonds. The summed E-state index contributed by atoms with van der Waals surface area (Å²) < 4.78 is 5.30. The number of unbranched alkanes of at least 4 members (excludes halogenated alkanes) is 1. The van der Waals surface area contributed by atoms with Crippen LogP contribution in [0, 0.1) is 23.7 Å². The van der Waals surface area contributed by atoms with Crippen molar-refractivity contribution < 1.29 is 24.2 Å². The van der Waals surface area contributed by atoms with Gasteiger partial charge < -0.3 is 20.1 Å². The lowest BCUT2D eigenvalue weighted by Crippen LogP contribution is -2.52. The molecule has 0 unspecified atom stereocenters. The first-order chi connectivity index (χ1) is 13.7. The monoisotopic (exact) mass is 408 g/mol. The molecule has 0 radical (unpaired) electrons. The van der Waals surface area contributed by atoms with Crippen molar-refractivity contribution in [3.63, 3.8) is 0 Å². The molecule has 29 heavy (non-hydrogen) atoms. The Labute approximate surface area is 173 Å². The number of nitrogens with one attached hydrogen (secondary N) is 1. The van der Waals surface area contributed by atoms with Gasteiger partial charge in [0.05, 0.1) is 18.4 Å². The van der Waals surface area contributed by atoms with Gasteiger partial charge >= 0.3 is 5.97 Å².